The molecule has 16 heavy (non-hydrogen) atoms. The summed E-state index contributed by atoms with van der Waals surface area (Å²) >= 11 is 3.39. The van der Waals surface area contributed by atoms with E-state index in [4.69, 9.17) is 4.74 Å². The number of nitrogens with zero attached hydrogens (tertiary/aromatic N) is 2. The van der Waals surface area contributed by atoms with Crippen LogP contribution >= 0.6 is 15.9 Å². The van der Waals surface area contributed by atoms with Gasteiger partial charge in [0.25, 0.3) is 0 Å². The predicted molar refractivity (Wildman–Crippen MR) is 68.8 cm³/mol. The number of anilines is 1. The maximum absolute atomic E-state index is 5.72. The predicted octanol–water partition coefficient (Wildman–Crippen LogP) is 2.85. The van der Waals surface area contributed by atoms with Crippen LogP contribution in [0.1, 0.15) is 19.3 Å². The number of hydrogen-bond donors (Lipinski definition) is 0. The highest BCUT2D eigenvalue weighted by Crippen LogP contribution is 2.17. The summed E-state index contributed by atoms with van der Waals surface area (Å²) in [6, 6.07) is 4.04. The molecule has 0 saturated carbocycles. The van der Waals surface area contributed by atoms with E-state index in [-0.39, 0.29) is 0 Å². The molecule has 0 bridgehead atoms. The van der Waals surface area contributed by atoms with E-state index >= 15 is 0 Å². The summed E-state index contributed by atoms with van der Waals surface area (Å²) in [5.74, 6) is 0.998. The molecule has 0 aliphatic carbocycles. The van der Waals surface area contributed by atoms with Gasteiger partial charge in [-0.1, -0.05) is 0 Å². The Balaban J connectivity index is 1.91. The second kappa shape index (κ2) is 5.64. The van der Waals surface area contributed by atoms with Crippen molar-refractivity contribution in [3.63, 3.8) is 0 Å². The molecule has 0 N–H and O–H groups in total. The van der Waals surface area contributed by atoms with Crippen molar-refractivity contribution < 1.29 is 4.74 Å². The minimum atomic E-state index is 0.365. The van der Waals surface area contributed by atoms with Crippen molar-refractivity contribution in [2.75, 3.05) is 25.1 Å². The number of aromatic nitrogens is 1. The van der Waals surface area contributed by atoms with Gasteiger partial charge in [0.05, 0.1) is 6.10 Å². The minimum absolute atomic E-state index is 0.365. The zero-order valence-corrected chi connectivity index (χ0v) is 11.1. The van der Waals surface area contributed by atoms with Gasteiger partial charge in [-0.2, -0.15) is 0 Å². The van der Waals surface area contributed by atoms with E-state index in [1.165, 1.54) is 19.3 Å². The third-order valence-corrected chi connectivity index (χ3v) is 3.32. The fraction of sp³-hybridized carbons (Fsp3) is 0.583. The highest BCUT2D eigenvalue weighted by Gasteiger charge is 2.16. The SMILES string of the molecule is CN(CC1CCCCO1)c1ccc(Br)cn1. The Bertz CT molecular complexity index is 322. The lowest BCUT2D eigenvalue weighted by molar-refractivity contribution is 0.0215. The first-order valence-electron chi connectivity index (χ1n) is 5.70. The number of hydrogen-bond acceptors (Lipinski definition) is 3. The molecular weight excluding hydrogens is 268 g/mol. The Labute approximate surface area is 105 Å². The van der Waals surface area contributed by atoms with Crippen molar-refractivity contribution in [3.8, 4) is 0 Å². The zero-order valence-electron chi connectivity index (χ0n) is 9.53. The summed E-state index contributed by atoms with van der Waals surface area (Å²) in [5, 5.41) is 0. The van der Waals surface area contributed by atoms with E-state index < -0.39 is 0 Å². The third-order valence-electron chi connectivity index (χ3n) is 2.85. The van der Waals surface area contributed by atoms with Gasteiger partial charge in [-0.15, -0.1) is 0 Å². The molecule has 0 amide bonds. The smallest absolute Gasteiger partial charge is 0.128 e. The van der Waals surface area contributed by atoms with Gasteiger partial charge in [-0.05, 0) is 47.3 Å². The normalized spacial score (nSPS) is 20.8. The first-order valence-corrected chi connectivity index (χ1v) is 6.49. The van der Waals surface area contributed by atoms with Crippen LogP contribution in [-0.2, 0) is 4.74 Å². The molecule has 1 saturated heterocycles. The Morgan fingerprint density at radius 2 is 2.38 bits per heavy atom. The van der Waals surface area contributed by atoms with E-state index in [9.17, 15) is 0 Å². The monoisotopic (exact) mass is 284 g/mol. The topological polar surface area (TPSA) is 25.4 Å². The van der Waals surface area contributed by atoms with Gasteiger partial charge in [-0.3, -0.25) is 0 Å². The highest BCUT2D eigenvalue weighted by molar-refractivity contribution is 9.10. The van der Waals surface area contributed by atoms with Crippen LogP contribution in [0.2, 0.25) is 0 Å². The molecule has 1 fully saturated rings. The standard InChI is InChI=1S/C12H17BrN2O/c1-15(9-11-4-2-3-7-16-11)12-6-5-10(13)8-14-12/h5-6,8,11H,2-4,7,9H2,1H3. The molecule has 1 unspecified atom stereocenters. The van der Waals surface area contributed by atoms with E-state index in [0.29, 0.717) is 6.10 Å². The molecule has 0 radical (unpaired) electrons. The van der Waals surface area contributed by atoms with Crippen molar-refractivity contribution >= 4 is 21.7 Å². The van der Waals surface area contributed by atoms with E-state index in [1.54, 1.807) is 0 Å². The molecule has 1 aliphatic heterocycles. The molecule has 0 spiro atoms. The first-order chi connectivity index (χ1) is 7.75. The number of ether oxygens (including phenoxy) is 1. The first kappa shape index (κ1) is 11.9. The Morgan fingerprint density at radius 1 is 1.50 bits per heavy atom. The van der Waals surface area contributed by atoms with Gasteiger partial charge in [0.15, 0.2) is 0 Å². The van der Waals surface area contributed by atoms with Gasteiger partial charge in [0.2, 0.25) is 0 Å². The van der Waals surface area contributed by atoms with Crippen LogP contribution in [0.3, 0.4) is 0 Å². The average molecular weight is 285 g/mol. The fourth-order valence-corrected chi connectivity index (χ4v) is 2.18. The number of halogens is 1. The van der Waals surface area contributed by atoms with Crippen molar-refractivity contribution in [3.05, 3.63) is 22.8 Å². The molecule has 3 nitrogen and oxygen atoms in total. The lowest BCUT2D eigenvalue weighted by Crippen LogP contribution is -2.33. The van der Waals surface area contributed by atoms with Crippen LogP contribution in [0.15, 0.2) is 22.8 Å². The summed E-state index contributed by atoms with van der Waals surface area (Å²) in [4.78, 5) is 6.52. The summed E-state index contributed by atoms with van der Waals surface area (Å²) in [7, 11) is 2.06. The van der Waals surface area contributed by atoms with Gasteiger partial charge < -0.3 is 9.64 Å². The number of pyridine rings is 1. The molecule has 88 valence electrons. The van der Waals surface area contributed by atoms with E-state index in [2.05, 4.69) is 32.9 Å². The maximum Gasteiger partial charge on any atom is 0.128 e. The van der Waals surface area contributed by atoms with Gasteiger partial charge in [-0.25, -0.2) is 4.98 Å². The number of likely N-dealkylation sites (N-methyl/N-ethyl adjacent to an activating group) is 1. The Morgan fingerprint density at radius 3 is 3.00 bits per heavy atom. The highest BCUT2D eigenvalue weighted by atomic mass is 79.9. The summed E-state index contributed by atoms with van der Waals surface area (Å²) in [5.41, 5.74) is 0. The lowest BCUT2D eigenvalue weighted by Gasteiger charge is -2.28. The summed E-state index contributed by atoms with van der Waals surface area (Å²) in [6.07, 6.45) is 5.85. The van der Waals surface area contributed by atoms with Gasteiger partial charge >= 0.3 is 0 Å². The van der Waals surface area contributed by atoms with Crippen molar-refractivity contribution in [1.82, 2.24) is 4.98 Å². The van der Waals surface area contributed by atoms with Crippen molar-refractivity contribution in [2.45, 2.75) is 25.4 Å². The maximum atomic E-state index is 5.72. The molecule has 2 rings (SSSR count). The average Bonchev–Trinajstić information content (AvgIpc) is 2.31. The second-order valence-electron chi connectivity index (χ2n) is 4.20. The number of rotatable bonds is 3. The third kappa shape index (κ3) is 3.19. The van der Waals surface area contributed by atoms with Gasteiger partial charge in [0, 0.05) is 30.9 Å². The van der Waals surface area contributed by atoms with Gasteiger partial charge in [0.1, 0.15) is 5.82 Å². The van der Waals surface area contributed by atoms with Crippen LogP contribution in [0.25, 0.3) is 0 Å². The minimum Gasteiger partial charge on any atom is -0.376 e. The molecular formula is C12H17BrN2O. The van der Waals surface area contributed by atoms with E-state index in [1.807, 2.05) is 18.3 Å². The molecule has 0 aromatic carbocycles. The molecule has 4 heteroatoms. The molecule has 1 aromatic rings. The molecule has 1 aliphatic rings. The molecule has 1 atom stereocenters. The van der Waals surface area contributed by atoms with Crippen LogP contribution in [0, 0.1) is 0 Å². The summed E-state index contributed by atoms with van der Waals surface area (Å²) < 4.78 is 6.73. The summed E-state index contributed by atoms with van der Waals surface area (Å²) in [6.45, 7) is 1.83. The molecule has 2 heterocycles. The van der Waals surface area contributed by atoms with E-state index in [0.717, 1.165) is 23.4 Å². The van der Waals surface area contributed by atoms with Crippen molar-refractivity contribution in [1.29, 1.82) is 0 Å². The largest absolute Gasteiger partial charge is 0.376 e. The Kier molecular flexibility index (Phi) is 4.18. The van der Waals surface area contributed by atoms with Crippen LogP contribution in [0.5, 0.6) is 0 Å². The lowest BCUT2D eigenvalue weighted by atomic mass is 10.1. The molecule has 1 aromatic heterocycles. The van der Waals surface area contributed by atoms with Crippen LogP contribution < -0.4 is 4.90 Å². The van der Waals surface area contributed by atoms with Crippen LogP contribution in [-0.4, -0.2) is 31.3 Å². The Hall–Kier alpha value is -0.610. The zero-order chi connectivity index (χ0) is 11.4. The quantitative estimate of drug-likeness (QED) is 0.854. The fourth-order valence-electron chi connectivity index (χ4n) is 1.94. The van der Waals surface area contributed by atoms with Crippen LogP contribution in [0.4, 0.5) is 5.82 Å². The van der Waals surface area contributed by atoms with Crippen molar-refractivity contribution in [2.24, 2.45) is 0 Å². The second-order valence-corrected chi connectivity index (χ2v) is 5.12.